The molecule has 1 rings (SSSR count). The van der Waals surface area contributed by atoms with Crippen molar-refractivity contribution < 1.29 is 0 Å². The summed E-state index contributed by atoms with van der Waals surface area (Å²) in [5.41, 5.74) is 0. The summed E-state index contributed by atoms with van der Waals surface area (Å²) in [5, 5.41) is 0. The molecule has 0 N–H and O–H groups in total. The molecule has 1 heteroatoms. The van der Waals surface area contributed by atoms with Crippen LogP contribution in [0.3, 0.4) is 0 Å². The molecule has 0 saturated carbocycles. The van der Waals surface area contributed by atoms with E-state index in [-0.39, 0.29) is 0 Å². The van der Waals surface area contributed by atoms with Crippen molar-refractivity contribution in [1.29, 1.82) is 0 Å². The Bertz CT molecular complexity index is 214. The summed E-state index contributed by atoms with van der Waals surface area (Å²) in [7, 11) is 0. The Kier molecular flexibility index (Phi) is 2.99. The van der Waals surface area contributed by atoms with Crippen molar-refractivity contribution in [2.45, 2.75) is 21.2 Å². The van der Waals surface area contributed by atoms with Crippen LogP contribution in [0.15, 0.2) is 34.0 Å². The van der Waals surface area contributed by atoms with Gasteiger partial charge in [0.25, 0.3) is 0 Å². The van der Waals surface area contributed by atoms with Gasteiger partial charge in [-0.2, -0.15) is 0 Å². The molecule has 0 heterocycles. The fourth-order valence-electron chi connectivity index (χ4n) is 1.14. The standard InChI is InChI=1S/C7H7.3CH3.Sn/c1-2-4-6-7-5-3-1;;;;/h1-4,7H,5H2;3*1H3;. The van der Waals surface area contributed by atoms with Crippen LogP contribution in [0.4, 0.5) is 0 Å². The monoisotopic (exact) mass is 256 g/mol. The Morgan fingerprint density at radius 1 is 1.18 bits per heavy atom. The third kappa shape index (κ3) is 2.86. The molecule has 0 aliphatic heterocycles. The summed E-state index contributed by atoms with van der Waals surface area (Å²) in [4.78, 5) is 7.36. The van der Waals surface area contributed by atoms with Crippen LogP contribution >= 0.6 is 0 Å². The van der Waals surface area contributed by atoms with Crippen LogP contribution in [0, 0.1) is 0 Å². The van der Waals surface area contributed by atoms with Gasteiger partial charge in [0.05, 0.1) is 0 Å². The fraction of sp³-hybridized carbons (Fsp3) is 0.400. The number of hydrogen-bond acceptors (Lipinski definition) is 0. The molecule has 0 unspecified atom stereocenters. The average Bonchev–Trinajstić information content (AvgIpc) is 2.10. The molecule has 0 amide bonds. The van der Waals surface area contributed by atoms with Crippen LogP contribution in [-0.4, -0.2) is 18.4 Å². The molecule has 0 spiro atoms. The molecule has 11 heavy (non-hydrogen) atoms. The van der Waals surface area contributed by atoms with Gasteiger partial charge < -0.3 is 0 Å². The van der Waals surface area contributed by atoms with E-state index < -0.39 is 18.4 Å². The quantitative estimate of drug-likeness (QED) is 0.630. The van der Waals surface area contributed by atoms with Crippen molar-refractivity contribution in [3.05, 3.63) is 34.0 Å². The van der Waals surface area contributed by atoms with Crippen molar-refractivity contribution in [2.24, 2.45) is 0 Å². The second-order valence-electron chi connectivity index (χ2n) is 3.93. The Hall–Kier alpha value is 0.0187. The summed E-state index contributed by atoms with van der Waals surface area (Å²) in [5.74, 6) is 0. The van der Waals surface area contributed by atoms with Crippen LogP contribution < -0.4 is 0 Å². The van der Waals surface area contributed by atoms with Gasteiger partial charge in [-0.3, -0.25) is 0 Å². The average molecular weight is 255 g/mol. The summed E-state index contributed by atoms with van der Waals surface area (Å²) in [6.07, 6.45) is 12.3. The molecule has 0 nitrogen and oxygen atoms in total. The maximum atomic E-state index is 2.45. The van der Waals surface area contributed by atoms with E-state index in [1.54, 1.807) is 3.59 Å². The van der Waals surface area contributed by atoms with Gasteiger partial charge in [-0.1, -0.05) is 0 Å². The molecule has 0 bridgehead atoms. The molecule has 60 valence electrons. The van der Waals surface area contributed by atoms with E-state index in [9.17, 15) is 0 Å². The Balaban J connectivity index is 2.81. The van der Waals surface area contributed by atoms with Gasteiger partial charge in [0.1, 0.15) is 0 Å². The summed E-state index contributed by atoms with van der Waals surface area (Å²) < 4.78 is 1.64. The molecule has 0 radical (unpaired) electrons. The molecule has 0 atom stereocenters. The van der Waals surface area contributed by atoms with E-state index in [4.69, 9.17) is 0 Å². The van der Waals surface area contributed by atoms with Crippen LogP contribution in [0.5, 0.6) is 0 Å². The SMILES string of the molecule is [CH3][Sn]([CH3])([CH3])[C]1=CCC=CC=C1. The summed E-state index contributed by atoms with van der Waals surface area (Å²) in [6, 6.07) is 0. The van der Waals surface area contributed by atoms with E-state index in [2.05, 4.69) is 45.2 Å². The van der Waals surface area contributed by atoms with E-state index in [0.29, 0.717) is 0 Å². The minimum atomic E-state index is -1.74. The summed E-state index contributed by atoms with van der Waals surface area (Å²) in [6.45, 7) is 0. The van der Waals surface area contributed by atoms with Crippen LogP contribution in [0.1, 0.15) is 6.42 Å². The second kappa shape index (κ2) is 3.61. The molecule has 1 aliphatic rings. The van der Waals surface area contributed by atoms with E-state index >= 15 is 0 Å². The molecule has 1 aliphatic carbocycles. The topological polar surface area (TPSA) is 0 Å². The van der Waals surface area contributed by atoms with Crippen LogP contribution in [0.2, 0.25) is 14.8 Å². The molecule has 0 fully saturated rings. The van der Waals surface area contributed by atoms with Gasteiger partial charge in [-0.05, 0) is 0 Å². The van der Waals surface area contributed by atoms with Crippen molar-refractivity contribution in [2.75, 3.05) is 0 Å². The van der Waals surface area contributed by atoms with Crippen molar-refractivity contribution in [1.82, 2.24) is 0 Å². The Morgan fingerprint density at radius 3 is 2.55 bits per heavy atom. The van der Waals surface area contributed by atoms with Crippen molar-refractivity contribution in [3.8, 4) is 0 Å². The maximum absolute atomic E-state index is 2.45. The molecule has 0 saturated heterocycles. The first-order chi connectivity index (χ1) is 5.11. The molecule has 0 aromatic rings. The van der Waals surface area contributed by atoms with Gasteiger partial charge in [0.2, 0.25) is 0 Å². The van der Waals surface area contributed by atoms with Gasteiger partial charge >= 0.3 is 73.6 Å². The third-order valence-corrected chi connectivity index (χ3v) is 7.86. The molecular weight excluding hydrogens is 239 g/mol. The first-order valence-electron chi connectivity index (χ1n) is 4.14. The van der Waals surface area contributed by atoms with Gasteiger partial charge in [0.15, 0.2) is 0 Å². The third-order valence-electron chi connectivity index (χ3n) is 1.86. The molecule has 0 aromatic carbocycles. The van der Waals surface area contributed by atoms with Gasteiger partial charge in [-0.25, -0.2) is 0 Å². The van der Waals surface area contributed by atoms with Gasteiger partial charge in [-0.15, -0.1) is 0 Å². The zero-order valence-corrected chi connectivity index (χ0v) is 10.4. The zero-order chi connectivity index (χ0) is 8.32. The minimum absolute atomic E-state index is 1.12. The van der Waals surface area contributed by atoms with Crippen LogP contribution in [0.25, 0.3) is 0 Å². The number of hydrogen-bond donors (Lipinski definition) is 0. The van der Waals surface area contributed by atoms with E-state index in [1.165, 1.54) is 0 Å². The van der Waals surface area contributed by atoms with Crippen molar-refractivity contribution >= 4 is 18.4 Å². The molecule has 0 aromatic heterocycles. The first-order valence-corrected chi connectivity index (χ1v) is 14.1. The predicted octanol–water partition coefficient (Wildman–Crippen LogP) is 3.31. The van der Waals surface area contributed by atoms with E-state index in [0.717, 1.165) is 6.42 Å². The number of allylic oxidation sites excluding steroid dienone is 6. The summed E-state index contributed by atoms with van der Waals surface area (Å²) >= 11 is -1.74. The first kappa shape index (κ1) is 9.11. The van der Waals surface area contributed by atoms with Crippen molar-refractivity contribution in [3.63, 3.8) is 0 Å². The van der Waals surface area contributed by atoms with Crippen LogP contribution in [-0.2, 0) is 0 Å². The fourth-order valence-corrected chi connectivity index (χ4v) is 4.92. The predicted molar refractivity (Wildman–Crippen MR) is 54.3 cm³/mol. The second-order valence-corrected chi connectivity index (χ2v) is 18.4. The Morgan fingerprint density at radius 2 is 1.91 bits per heavy atom. The molecular formula is C10H16Sn. The normalized spacial score (nSPS) is 17.9. The van der Waals surface area contributed by atoms with Gasteiger partial charge in [0, 0.05) is 0 Å². The Labute approximate surface area is 73.6 Å². The van der Waals surface area contributed by atoms with E-state index in [1.807, 2.05) is 0 Å². The number of rotatable bonds is 1. The zero-order valence-electron chi connectivity index (χ0n) is 7.59.